The highest BCUT2D eigenvalue weighted by Crippen LogP contribution is 2.28. The lowest BCUT2D eigenvalue weighted by atomic mass is 9.96. The number of thiophene rings is 1. The molecular formula is C10H14OS. The van der Waals surface area contributed by atoms with Gasteiger partial charge in [-0.15, -0.1) is 11.3 Å². The lowest BCUT2D eigenvalue weighted by Crippen LogP contribution is -2.05. The summed E-state index contributed by atoms with van der Waals surface area (Å²) < 4.78 is 0. The third kappa shape index (κ3) is 1.95. The maximum absolute atomic E-state index is 10.8. The topological polar surface area (TPSA) is 17.1 Å². The molecule has 1 heterocycles. The van der Waals surface area contributed by atoms with Crippen molar-refractivity contribution in [2.75, 3.05) is 0 Å². The normalized spacial score (nSPS) is 13.3. The summed E-state index contributed by atoms with van der Waals surface area (Å²) in [4.78, 5) is 13.2. The lowest BCUT2D eigenvalue weighted by Gasteiger charge is -2.11. The van der Waals surface area contributed by atoms with E-state index in [1.807, 2.05) is 0 Å². The molecule has 0 N–H and O–H groups in total. The third-order valence-electron chi connectivity index (χ3n) is 1.95. The molecule has 1 aromatic heterocycles. The highest BCUT2D eigenvalue weighted by Gasteiger charge is 2.15. The molecule has 0 bridgehead atoms. The molecule has 0 aliphatic rings. The first kappa shape index (κ1) is 9.46. The van der Waals surface area contributed by atoms with E-state index in [1.54, 1.807) is 11.3 Å². The zero-order chi connectivity index (χ0) is 9.14. The van der Waals surface area contributed by atoms with Crippen LogP contribution in [0.1, 0.15) is 29.5 Å². The second-order valence-corrected chi connectivity index (χ2v) is 4.67. The minimum atomic E-state index is 0.0868. The van der Waals surface area contributed by atoms with Gasteiger partial charge < -0.3 is 4.79 Å². The van der Waals surface area contributed by atoms with Crippen molar-refractivity contribution in [1.29, 1.82) is 0 Å². The Hall–Kier alpha value is -0.630. The van der Waals surface area contributed by atoms with Crippen LogP contribution in [0, 0.1) is 12.8 Å². The maximum Gasteiger partial charge on any atom is 0.128 e. The third-order valence-corrected chi connectivity index (χ3v) is 3.06. The Morgan fingerprint density at radius 1 is 1.42 bits per heavy atom. The number of carbonyl (C=O) groups excluding carboxylic acids is 1. The highest BCUT2D eigenvalue weighted by molar-refractivity contribution is 7.12. The largest absolute Gasteiger partial charge is 0.303 e. The van der Waals surface area contributed by atoms with Crippen LogP contribution < -0.4 is 0 Å². The van der Waals surface area contributed by atoms with Crippen LogP contribution in [-0.4, -0.2) is 6.29 Å². The van der Waals surface area contributed by atoms with Crippen LogP contribution >= 0.6 is 11.3 Å². The summed E-state index contributed by atoms with van der Waals surface area (Å²) in [5, 5.41) is 0. The minimum Gasteiger partial charge on any atom is -0.303 e. The van der Waals surface area contributed by atoms with Crippen molar-refractivity contribution < 1.29 is 4.79 Å². The quantitative estimate of drug-likeness (QED) is 0.657. The fourth-order valence-electron chi connectivity index (χ4n) is 1.19. The minimum absolute atomic E-state index is 0.0868. The van der Waals surface area contributed by atoms with Crippen molar-refractivity contribution >= 4 is 17.6 Å². The molecule has 0 aromatic carbocycles. The van der Waals surface area contributed by atoms with Crippen molar-refractivity contribution in [2.24, 2.45) is 5.92 Å². The van der Waals surface area contributed by atoms with Crippen LogP contribution in [0.2, 0.25) is 0 Å². The molecule has 0 aliphatic carbocycles. The molecule has 0 fully saturated rings. The second kappa shape index (κ2) is 3.85. The SMILES string of the molecule is Cc1ccc(C(C=O)C(C)C)s1. The first-order chi connectivity index (χ1) is 5.65. The molecule has 1 nitrogen and oxygen atoms in total. The predicted molar refractivity (Wildman–Crippen MR) is 52.7 cm³/mol. The number of hydrogen-bond donors (Lipinski definition) is 0. The van der Waals surface area contributed by atoms with Crippen LogP contribution in [0.5, 0.6) is 0 Å². The molecule has 1 rings (SSSR count). The molecule has 12 heavy (non-hydrogen) atoms. The average Bonchev–Trinajstić information content (AvgIpc) is 2.37. The molecule has 66 valence electrons. The fourth-order valence-corrected chi connectivity index (χ4v) is 2.29. The van der Waals surface area contributed by atoms with Gasteiger partial charge >= 0.3 is 0 Å². The van der Waals surface area contributed by atoms with E-state index in [9.17, 15) is 4.79 Å². The van der Waals surface area contributed by atoms with Crippen molar-refractivity contribution in [2.45, 2.75) is 26.7 Å². The zero-order valence-electron chi connectivity index (χ0n) is 7.70. The van der Waals surface area contributed by atoms with E-state index in [0.717, 1.165) is 6.29 Å². The molecule has 0 radical (unpaired) electrons. The number of rotatable bonds is 3. The molecule has 0 aliphatic heterocycles. The number of carbonyl (C=O) groups is 1. The van der Waals surface area contributed by atoms with Crippen LogP contribution in [-0.2, 0) is 4.79 Å². The van der Waals surface area contributed by atoms with Crippen LogP contribution in [0.3, 0.4) is 0 Å². The van der Waals surface area contributed by atoms with Gasteiger partial charge in [-0.1, -0.05) is 13.8 Å². The Labute approximate surface area is 77.4 Å². The second-order valence-electron chi connectivity index (χ2n) is 3.35. The van der Waals surface area contributed by atoms with Crippen molar-refractivity contribution in [3.05, 3.63) is 21.9 Å². The van der Waals surface area contributed by atoms with Crippen LogP contribution in [0.4, 0.5) is 0 Å². The van der Waals surface area contributed by atoms with Gasteiger partial charge in [0, 0.05) is 9.75 Å². The van der Waals surface area contributed by atoms with E-state index in [1.165, 1.54) is 9.75 Å². The Morgan fingerprint density at radius 3 is 2.42 bits per heavy atom. The van der Waals surface area contributed by atoms with Gasteiger partial charge in [0.15, 0.2) is 0 Å². The van der Waals surface area contributed by atoms with E-state index in [4.69, 9.17) is 0 Å². The van der Waals surface area contributed by atoms with Crippen molar-refractivity contribution in [1.82, 2.24) is 0 Å². The molecular weight excluding hydrogens is 168 g/mol. The van der Waals surface area contributed by atoms with Gasteiger partial charge in [0.25, 0.3) is 0 Å². The van der Waals surface area contributed by atoms with Gasteiger partial charge in [-0.3, -0.25) is 0 Å². The summed E-state index contributed by atoms with van der Waals surface area (Å²) in [5.41, 5.74) is 0. The summed E-state index contributed by atoms with van der Waals surface area (Å²) in [7, 11) is 0. The van der Waals surface area contributed by atoms with Crippen LogP contribution in [0.15, 0.2) is 12.1 Å². The van der Waals surface area contributed by atoms with E-state index in [-0.39, 0.29) is 5.92 Å². The standard InChI is InChI=1S/C10H14OS/c1-7(2)9(6-11)10-5-4-8(3)12-10/h4-7,9H,1-3H3. The van der Waals surface area contributed by atoms with Gasteiger partial charge in [0.2, 0.25) is 0 Å². The predicted octanol–water partition coefficient (Wildman–Crippen LogP) is 3.00. The number of hydrogen-bond acceptors (Lipinski definition) is 2. The fraction of sp³-hybridized carbons (Fsp3) is 0.500. The summed E-state index contributed by atoms with van der Waals surface area (Å²) in [5.74, 6) is 0.490. The monoisotopic (exact) mass is 182 g/mol. The molecule has 0 saturated heterocycles. The summed E-state index contributed by atoms with van der Waals surface area (Å²) in [6, 6.07) is 4.12. The van der Waals surface area contributed by atoms with E-state index in [0.29, 0.717) is 5.92 Å². The number of aryl methyl sites for hydroxylation is 1. The van der Waals surface area contributed by atoms with Gasteiger partial charge in [-0.2, -0.15) is 0 Å². The maximum atomic E-state index is 10.8. The Balaban J connectivity index is 2.87. The average molecular weight is 182 g/mol. The summed E-state index contributed by atoms with van der Waals surface area (Å²) >= 11 is 1.72. The molecule has 0 saturated carbocycles. The Bertz CT molecular complexity index is 263. The zero-order valence-corrected chi connectivity index (χ0v) is 8.52. The molecule has 1 atom stereocenters. The van der Waals surface area contributed by atoms with E-state index >= 15 is 0 Å². The van der Waals surface area contributed by atoms with E-state index < -0.39 is 0 Å². The van der Waals surface area contributed by atoms with Crippen molar-refractivity contribution in [3.8, 4) is 0 Å². The van der Waals surface area contributed by atoms with Crippen LogP contribution in [0.25, 0.3) is 0 Å². The van der Waals surface area contributed by atoms with E-state index in [2.05, 4.69) is 32.9 Å². The first-order valence-corrected chi connectivity index (χ1v) is 4.98. The smallest absolute Gasteiger partial charge is 0.128 e. The number of aldehydes is 1. The van der Waals surface area contributed by atoms with Crippen molar-refractivity contribution in [3.63, 3.8) is 0 Å². The van der Waals surface area contributed by atoms with Gasteiger partial charge in [-0.25, -0.2) is 0 Å². The molecule has 1 aromatic rings. The summed E-state index contributed by atoms with van der Waals surface area (Å²) in [6.45, 7) is 6.22. The molecule has 0 spiro atoms. The lowest BCUT2D eigenvalue weighted by molar-refractivity contribution is -0.109. The first-order valence-electron chi connectivity index (χ1n) is 4.16. The molecule has 0 amide bonds. The molecule has 1 unspecified atom stereocenters. The van der Waals surface area contributed by atoms with Gasteiger partial charge in [0.1, 0.15) is 6.29 Å². The van der Waals surface area contributed by atoms with Gasteiger partial charge in [0.05, 0.1) is 5.92 Å². The highest BCUT2D eigenvalue weighted by atomic mass is 32.1. The Morgan fingerprint density at radius 2 is 2.08 bits per heavy atom. The molecule has 2 heteroatoms. The summed E-state index contributed by atoms with van der Waals surface area (Å²) in [6.07, 6.45) is 1.05. The Kier molecular flexibility index (Phi) is 3.04. The van der Waals surface area contributed by atoms with Gasteiger partial charge in [-0.05, 0) is 25.0 Å².